The molecule has 0 spiro atoms. The Morgan fingerprint density at radius 3 is 2.91 bits per heavy atom. The normalized spacial score (nSPS) is 24.0. The second kappa shape index (κ2) is 11.1. The number of terminal acetylenes is 1. The molecule has 44 heavy (non-hydrogen) atoms. The molecule has 5 heterocycles. The van der Waals surface area contributed by atoms with E-state index in [4.69, 9.17) is 20.9 Å². The average molecular weight is 604 g/mol. The summed E-state index contributed by atoms with van der Waals surface area (Å²) < 4.78 is 57.8. The fraction of sp³-hybridized carbons (Fsp3) is 0.424. The lowest BCUT2D eigenvalue weighted by Crippen LogP contribution is -2.43. The first-order valence-corrected chi connectivity index (χ1v) is 14.9. The largest absolute Gasteiger partial charge is 0.508 e. The van der Waals surface area contributed by atoms with Crippen molar-refractivity contribution in [2.45, 2.75) is 37.9 Å². The zero-order chi connectivity index (χ0) is 30.6. The third-order valence-electron chi connectivity index (χ3n) is 9.07. The summed E-state index contributed by atoms with van der Waals surface area (Å²) in [6.45, 7) is 5.60. The number of phenolic OH excluding ortho intramolecular Hbond substituents is 1. The van der Waals surface area contributed by atoms with Gasteiger partial charge in [-0.05, 0) is 48.9 Å². The number of aromatic hydroxyl groups is 1. The standard InChI is InChI=1S/C33H32F3N5O3/c1-3-23-26(35)6-5-20-11-22(42)12-24(27(20)23)29-28(36)30-25(14-37-29)31(40-9-10-43-17-19(2)15-40)39-32(38-30)44-18-33-7-4-8-41(33)16-21(34)13-33/h1,5-6,11-12,14,19,21,42H,4,7-10,13,15-18H2,2H3/t19-,21-,33?/m1/s1. The SMILES string of the molecule is C#Cc1c(F)ccc2cc(O)cc(-c3ncc4c(N5CCOC[C@H](C)C5)nc(OCC56CCCN5C[C@H](F)C6)nc4c3F)c12. The zero-order valence-corrected chi connectivity index (χ0v) is 24.3. The maximum Gasteiger partial charge on any atom is 0.319 e. The predicted octanol–water partition coefficient (Wildman–Crippen LogP) is 5.24. The van der Waals surface area contributed by atoms with Crippen LogP contribution in [0.3, 0.4) is 0 Å². The molecule has 0 amide bonds. The molecule has 1 unspecified atom stereocenters. The number of anilines is 1. The van der Waals surface area contributed by atoms with Crippen molar-refractivity contribution in [3.63, 3.8) is 0 Å². The second-order valence-electron chi connectivity index (χ2n) is 12.2. The fourth-order valence-electron chi connectivity index (χ4n) is 7.09. The molecule has 0 saturated carbocycles. The highest BCUT2D eigenvalue weighted by molar-refractivity contribution is 6.03. The molecule has 3 aliphatic rings. The minimum Gasteiger partial charge on any atom is -0.508 e. The van der Waals surface area contributed by atoms with Crippen molar-refractivity contribution in [2.24, 2.45) is 5.92 Å². The summed E-state index contributed by atoms with van der Waals surface area (Å²) >= 11 is 0. The number of pyridine rings is 1. The number of benzene rings is 2. The van der Waals surface area contributed by atoms with E-state index in [0.717, 1.165) is 19.4 Å². The van der Waals surface area contributed by atoms with Crippen LogP contribution in [0.5, 0.6) is 11.8 Å². The van der Waals surface area contributed by atoms with Crippen LogP contribution in [0.4, 0.5) is 19.0 Å². The number of halogens is 3. The average Bonchev–Trinajstić information content (AvgIpc) is 3.43. The molecule has 4 aromatic rings. The van der Waals surface area contributed by atoms with Crippen LogP contribution in [0, 0.1) is 29.9 Å². The van der Waals surface area contributed by atoms with Crippen molar-refractivity contribution in [3.05, 3.63) is 47.7 Å². The third kappa shape index (κ3) is 4.86. The highest BCUT2D eigenvalue weighted by Gasteiger charge is 2.49. The van der Waals surface area contributed by atoms with Gasteiger partial charge in [0.25, 0.3) is 0 Å². The van der Waals surface area contributed by atoms with Gasteiger partial charge in [-0.3, -0.25) is 9.88 Å². The van der Waals surface area contributed by atoms with E-state index in [-0.39, 0.29) is 52.0 Å². The zero-order valence-electron chi connectivity index (χ0n) is 24.3. The first-order chi connectivity index (χ1) is 21.3. The van der Waals surface area contributed by atoms with Crippen LogP contribution in [-0.4, -0.2) is 82.7 Å². The highest BCUT2D eigenvalue weighted by Crippen LogP contribution is 2.41. The first-order valence-electron chi connectivity index (χ1n) is 14.9. The van der Waals surface area contributed by atoms with Crippen molar-refractivity contribution in [1.29, 1.82) is 0 Å². The Hall–Kier alpha value is -4.14. The van der Waals surface area contributed by atoms with E-state index in [1.54, 1.807) is 0 Å². The van der Waals surface area contributed by atoms with Crippen LogP contribution in [0.25, 0.3) is 32.9 Å². The summed E-state index contributed by atoms with van der Waals surface area (Å²) in [5.41, 5.74) is -0.570. The van der Waals surface area contributed by atoms with E-state index in [1.165, 1.54) is 30.5 Å². The van der Waals surface area contributed by atoms with Crippen molar-refractivity contribution < 1.29 is 27.8 Å². The lowest BCUT2D eigenvalue weighted by molar-refractivity contribution is 0.107. The van der Waals surface area contributed by atoms with E-state index in [9.17, 15) is 13.9 Å². The van der Waals surface area contributed by atoms with Crippen LogP contribution in [-0.2, 0) is 4.74 Å². The molecular formula is C33H32F3N5O3. The van der Waals surface area contributed by atoms with Gasteiger partial charge < -0.3 is 19.5 Å². The molecule has 0 bridgehead atoms. The Labute approximate surface area is 252 Å². The van der Waals surface area contributed by atoms with Crippen LogP contribution in [0.2, 0.25) is 0 Å². The number of phenols is 1. The van der Waals surface area contributed by atoms with Gasteiger partial charge in [-0.2, -0.15) is 9.97 Å². The summed E-state index contributed by atoms with van der Waals surface area (Å²) in [6.07, 6.45) is 8.34. The van der Waals surface area contributed by atoms with Crippen LogP contribution in [0.1, 0.15) is 31.7 Å². The third-order valence-corrected chi connectivity index (χ3v) is 9.07. The molecule has 2 aromatic heterocycles. The number of hydrogen-bond acceptors (Lipinski definition) is 8. The van der Waals surface area contributed by atoms with Gasteiger partial charge in [-0.1, -0.05) is 18.9 Å². The van der Waals surface area contributed by atoms with E-state index in [1.807, 2.05) is 4.90 Å². The van der Waals surface area contributed by atoms with E-state index < -0.39 is 23.3 Å². The van der Waals surface area contributed by atoms with Gasteiger partial charge in [0.2, 0.25) is 0 Å². The molecule has 228 valence electrons. The van der Waals surface area contributed by atoms with Crippen molar-refractivity contribution in [1.82, 2.24) is 19.9 Å². The molecule has 2 aromatic carbocycles. The Balaban J connectivity index is 1.38. The van der Waals surface area contributed by atoms with Crippen LogP contribution < -0.4 is 9.64 Å². The van der Waals surface area contributed by atoms with Gasteiger partial charge >= 0.3 is 6.01 Å². The van der Waals surface area contributed by atoms with Gasteiger partial charge in [-0.25, -0.2) is 13.2 Å². The highest BCUT2D eigenvalue weighted by atomic mass is 19.1. The lowest BCUT2D eigenvalue weighted by Gasteiger charge is -2.31. The summed E-state index contributed by atoms with van der Waals surface area (Å²) in [6, 6.07) is 5.40. The molecule has 7 rings (SSSR count). The summed E-state index contributed by atoms with van der Waals surface area (Å²) in [4.78, 5) is 17.9. The topological polar surface area (TPSA) is 83.8 Å². The number of fused-ring (bicyclic) bond motifs is 3. The molecule has 3 atom stereocenters. The minimum absolute atomic E-state index is 0.0268. The fourth-order valence-corrected chi connectivity index (χ4v) is 7.09. The van der Waals surface area contributed by atoms with Crippen molar-refractivity contribution in [2.75, 3.05) is 50.9 Å². The summed E-state index contributed by atoms with van der Waals surface area (Å²) in [5, 5.41) is 11.5. The summed E-state index contributed by atoms with van der Waals surface area (Å²) in [7, 11) is 0. The smallest absolute Gasteiger partial charge is 0.319 e. The maximum absolute atomic E-state index is 16.7. The Morgan fingerprint density at radius 1 is 1.20 bits per heavy atom. The number of aromatic nitrogens is 3. The van der Waals surface area contributed by atoms with Gasteiger partial charge in [0.1, 0.15) is 41.4 Å². The quantitative estimate of drug-likeness (QED) is 0.311. The molecule has 3 fully saturated rings. The van der Waals surface area contributed by atoms with Gasteiger partial charge in [0.05, 0.1) is 29.7 Å². The molecular weight excluding hydrogens is 571 g/mol. The molecule has 3 aliphatic heterocycles. The molecule has 0 aliphatic carbocycles. The first kappa shape index (κ1) is 28.6. The summed E-state index contributed by atoms with van der Waals surface area (Å²) in [5.74, 6) is 1.40. The van der Waals surface area contributed by atoms with Gasteiger partial charge in [0.15, 0.2) is 5.82 Å². The number of ether oxygens (including phenoxy) is 2. The van der Waals surface area contributed by atoms with E-state index in [0.29, 0.717) is 55.9 Å². The minimum atomic E-state index is -0.925. The molecule has 8 nitrogen and oxygen atoms in total. The molecule has 11 heteroatoms. The van der Waals surface area contributed by atoms with E-state index >= 15 is 4.39 Å². The number of alkyl halides is 1. The number of nitrogens with zero attached hydrogens (tertiary/aromatic N) is 5. The Morgan fingerprint density at radius 2 is 2.07 bits per heavy atom. The van der Waals surface area contributed by atoms with Gasteiger partial charge in [0, 0.05) is 43.2 Å². The monoisotopic (exact) mass is 603 g/mol. The number of hydrogen-bond donors (Lipinski definition) is 1. The van der Waals surface area contributed by atoms with Crippen LogP contribution in [0.15, 0.2) is 30.5 Å². The van der Waals surface area contributed by atoms with Crippen LogP contribution >= 0.6 is 0 Å². The molecule has 1 N–H and O–H groups in total. The lowest BCUT2D eigenvalue weighted by atomic mass is 9.95. The molecule has 0 radical (unpaired) electrons. The maximum atomic E-state index is 16.7. The second-order valence-corrected chi connectivity index (χ2v) is 12.2. The molecule has 3 saturated heterocycles. The van der Waals surface area contributed by atoms with Gasteiger partial charge in [-0.15, -0.1) is 6.42 Å². The Bertz CT molecular complexity index is 1810. The Kier molecular flexibility index (Phi) is 7.22. The van der Waals surface area contributed by atoms with Crippen molar-refractivity contribution in [3.8, 4) is 35.4 Å². The van der Waals surface area contributed by atoms with Crippen molar-refractivity contribution >= 4 is 27.5 Å². The number of rotatable bonds is 5. The predicted molar refractivity (Wildman–Crippen MR) is 161 cm³/mol. The van der Waals surface area contributed by atoms with E-state index in [2.05, 4.69) is 27.7 Å².